The van der Waals surface area contributed by atoms with Gasteiger partial charge in [0.25, 0.3) is 10.0 Å². The molecule has 8 heteroatoms. The van der Waals surface area contributed by atoms with Crippen molar-refractivity contribution in [1.82, 2.24) is 9.97 Å². The van der Waals surface area contributed by atoms with E-state index in [9.17, 15) is 8.42 Å². The van der Waals surface area contributed by atoms with E-state index < -0.39 is 10.0 Å². The fraction of sp³-hybridized carbons (Fsp3) is 0.308. The first-order valence-corrected chi connectivity index (χ1v) is 8.03. The number of hydrogen-bond acceptors (Lipinski definition) is 5. The Morgan fingerprint density at radius 3 is 2.90 bits per heavy atom. The van der Waals surface area contributed by atoms with E-state index in [2.05, 4.69) is 14.7 Å². The minimum absolute atomic E-state index is 0.0348. The molecule has 1 aromatic heterocycles. The molecular formula is C13H18N4O3S. The number of nitrogens with one attached hydrogen (secondary N) is 2. The number of rotatable bonds is 7. The van der Waals surface area contributed by atoms with Crippen LogP contribution in [0.3, 0.4) is 0 Å². The summed E-state index contributed by atoms with van der Waals surface area (Å²) < 4.78 is 32.3. The van der Waals surface area contributed by atoms with Crippen LogP contribution >= 0.6 is 0 Å². The lowest BCUT2D eigenvalue weighted by Gasteiger charge is -2.09. The maximum atomic E-state index is 12.2. The number of hydrogen-bond donors (Lipinski definition) is 3. The fourth-order valence-electron chi connectivity index (χ4n) is 1.70. The molecule has 1 heterocycles. The van der Waals surface area contributed by atoms with Gasteiger partial charge in [0, 0.05) is 19.0 Å². The number of aryl methyl sites for hydroxylation is 1. The third kappa shape index (κ3) is 3.96. The number of aromatic amines is 1. The van der Waals surface area contributed by atoms with Crippen molar-refractivity contribution in [3.63, 3.8) is 0 Å². The Morgan fingerprint density at radius 2 is 2.24 bits per heavy atom. The Balaban J connectivity index is 2.16. The van der Waals surface area contributed by atoms with Crippen LogP contribution in [0.2, 0.25) is 0 Å². The molecule has 0 bridgehead atoms. The molecule has 0 fully saturated rings. The Labute approximate surface area is 123 Å². The number of sulfonamides is 1. The number of nitrogens with two attached hydrogens (primary N) is 1. The van der Waals surface area contributed by atoms with Crippen molar-refractivity contribution in [3.05, 3.63) is 36.3 Å². The van der Waals surface area contributed by atoms with Crippen molar-refractivity contribution in [3.8, 4) is 5.75 Å². The zero-order chi connectivity index (χ0) is 15.3. The van der Waals surface area contributed by atoms with E-state index in [4.69, 9.17) is 10.5 Å². The summed E-state index contributed by atoms with van der Waals surface area (Å²) in [6.07, 6.45) is 1.94. The third-order valence-electron chi connectivity index (χ3n) is 2.70. The van der Waals surface area contributed by atoms with Crippen LogP contribution in [-0.2, 0) is 16.4 Å². The van der Waals surface area contributed by atoms with Crippen LogP contribution in [0, 0.1) is 0 Å². The lowest BCUT2D eigenvalue weighted by molar-refractivity contribution is 0.328. The number of H-pyrrole nitrogens is 1. The molecule has 114 valence electrons. The second kappa shape index (κ2) is 6.59. The molecule has 2 aromatic rings. The molecule has 21 heavy (non-hydrogen) atoms. The van der Waals surface area contributed by atoms with Gasteiger partial charge in [0.15, 0.2) is 5.03 Å². The van der Waals surface area contributed by atoms with Gasteiger partial charge in [-0.1, -0.05) is 13.0 Å². The molecule has 0 unspecified atom stereocenters. The van der Waals surface area contributed by atoms with E-state index in [1.165, 1.54) is 6.20 Å². The summed E-state index contributed by atoms with van der Waals surface area (Å²) in [5.41, 5.74) is 5.77. The molecular weight excluding hydrogens is 292 g/mol. The van der Waals surface area contributed by atoms with Gasteiger partial charge in [-0.15, -0.1) is 0 Å². The maximum Gasteiger partial charge on any atom is 0.278 e. The first-order chi connectivity index (χ1) is 10.0. The number of anilines is 1. The van der Waals surface area contributed by atoms with Crippen molar-refractivity contribution in [2.24, 2.45) is 5.73 Å². The highest BCUT2D eigenvalue weighted by Crippen LogP contribution is 2.20. The molecule has 0 aliphatic heterocycles. The van der Waals surface area contributed by atoms with Crippen LogP contribution < -0.4 is 15.2 Å². The quantitative estimate of drug-likeness (QED) is 0.709. The van der Waals surface area contributed by atoms with Crippen molar-refractivity contribution in [1.29, 1.82) is 0 Å². The van der Waals surface area contributed by atoms with Gasteiger partial charge < -0.3 is 15.5 Å². The molecule has 0 saturated heterocycles. The summed E-state index contributed by atoms with van der Waals surface area (Å²) >= 11 is 0. The monoisotopic (exact) mass is 310 g/mol. The van der Waals surface area contributed by atoms with E-state index in [1.54, 1.807) is 24.3 Å². The number of imidazole rings is 1. The van der Waals surface area contributed by atoms with E-state index in [-0.39, 0.29) is 5.03 Å². The summed E-state index contributed by atoms with van der Waals surface area (Å²) in [7, 11) is -3.69. The average molecular weight is 310 g/mol. The predicted octanol–water partition coefficient (Wildman–Crippen LogP) is 1.11. The molecule has 1 aromatic carbocycles. The highest BCUT2D eigenvalue weighted by atomic mass is 32.2. The van der Waals surface area contributed by atoms with Crippen molar-refractivity contribution in [2.45, 2.75) is 18.4 Å². The second-order valence-corrected chi connectivity index (χ2v) is 5.97. The summed E-state index contributed by atoms with van der Waals surface area (Å²) in [6.45, 7) is 2.65. The molecule has 0 aliphatic rings. The van der Waals surface area contributed by atoms with E-state index in [1.807, 2.05) is 6.92 Å². The van der Waals surface area contributed by atoms with Gasteiger partial charge in [-0.3, -0.25) is 4.72 Å². The Kier molecular flexibility index (Phi) is 4.81. The van der Waals surface area contributed by atoms with Crippen molar-refractivity contribution in [2.75, 3.05) is 17.9 Å². The molecule has 0 amide bonds. The zero-order valence-corrected chi connectivity index (χ0v) is 12.5. The normalized spacial score (nSPS) is 11.3. The molecule has 0 atom stereocenters. The summed E-state index contributed by atoms with van der Waals surface area (Å²) in [4.78, 5) is 6.75. The van der Waals surface area contributed by atoms with Crippen LogP contribution in [0.25, 0.3) is 0 Å². The third-order valence-corrected chi connectivity index (χ3v) is 3.99. The summed E-state index contributed by atoms with van der Waals surface area (Å²) in [5, 5.41) is 0.0348. The van der Waals surface area contributed by atoms with Crippen molar-refractivity contribution < 1.29 is 13.2 Å². The van der Waals surface area contributed by atoms with Gasteiger partial charge in [-0.25, -0.2) is 4.98 Å². The van der Waals surface area contributed by atoms with Crippen molar-refractivity contribution >= 4 is 15.7 Å². The van der Waals surface area contributed by atoms with E-state index in [0.29, 0.717) is 36.8 Å². The number of benzene rings is 1. The highest BCUT2D eigenvalue weighted by molar-refractivity contribution is 7.92. The minimum Gasteiger partial charge on any atom is -0.492 e. The van der Waals surface area contributed by atoms with Crippen LogP contribution in [0.4, 0.5) is 5.69 Å². The van der Waals surface area contributed by atoms with Gasteiger partial charge in [-0.2, -0.15) is 8.42 Å². The van der Waals surface area contributed by atoms with Crippen LogP contribution in [0.15, 0.2) is 35.5 Å². The number of ether oxygens (including phenoxy) is 1. The van der Waals surface area contributed by atoms with Gasteiger partial charge >= 0.3 is 0 Å². The lowest BCUT2D eigenvalue weighted by Crippen LogP contribution is -2.14. The average Bonchev–Trinajstić information content (AvgIpc) is 2.95. The van der Waals surface area contributed by atoms with Crippen LogP contribution in [0.1, 0.15) is 12.7 Å². The molecule has 7 nitrogen and oxygen atoms in total. The number of nitrogens with zero attached hydrogens (tertiary/aromatic N) is 1. The van der Waals surface area contributed by atoms with Crippen LogP contribution in [0.5, 0.6) is 5.75 Å². The maximum absolute atomic E-state index is 12.2. The molecule has 4 N–H and O–H groups in total. The van der Waals surface area contributed by atoms with E-state index >= 15 is 0 Å². The molecule has 2 rings (SSSR count). The Hall–Kier alpha value is -2.06. The first-order valence-electron chi connectivity index (χ1n) is 6.55. The topological polar surface area (TPSA) is 110 Å². The minimum atomic E-state index is -3.69. The molecule has 0 saturated carbocycles. The van der Waals surface area contributed by atoms with Crippen LogP contribution in [-0.4, -0.2) is 31.5 Å². The molecule has 0 aliphatic carbocycles. The first kappa shape index (κ1) is 15.3. The molecule has 0 radical (unpaired) electrons. The van der Waals surface area contributed by atoms with E-state index in [0.717, 1.165) is 0 Å². The second-order valence-electron chi connectivity index (χ2n) is 4.32. The fourth-order valence-corrected chi connectivity index (χ4v) is 2.69. The lowest BCUT2D eigenvalue weighted by atomic mass is 10.3. The highest BCUT2D eigenvalue weighted by Gasteiger charge is 2.17. The Bertz CT molecular complexity index is 697. The number of aromatic nitrogens is 2. The largest absolute Gasteiger partial charge is 0.492 e. The predicted molar refractivity (Wildman–Crippen MR) is 79.8 cm³/mol. The summed E-state index contributed by atoms with van der Waals surface area (Å²) in [5.74, 6) is 1.18. The van der Waals surface area contributed by atoms with Gasteiger partial charge in [0.05, 0.1) is 11.9 Å². The summed E-state index contributed by atoms with van der Waals surface area (Å²) in [6, 6.07) is 6.68. The SMILES string of the molecule is CCc1ncc(S(=O)(=O)Nc2cccc(OCCN)c2)[nH]1. The van der Waals surface area contributed by atoms with Gasteiger partial charge in [0.2, 0.25) is 0 Å². The smallest absolute Gasteiger partial charge is 0.278 e. The molecule has 0 spiro atoms. The van der Waals surface area contributed by atoms with Gasteiger partial charge in [-0.05, 0) is 12.1 Å². The zero-order valence-electron chi connectivity index (χ0n) is 11.7. The standard InChI is InChI=1S/C13H18N4O3S/c1-2-12-15-9-13(16-12)21(18,19)17-10-4-3-5-11(8-10)20-7-6-14/h3-5,8-9,17H,2,6-7,14H2,1H3,(H,15,16). The Morgan fingerprint density at radius 1 is 1.43 bits per heavy atom. The van der Waals surface area contributed by atoms with Gasteiger partial charge in [0.1, 0.15) is 18.2 Å².